The van der Waals surface area contributed by atoms with Crippen LogP contribution in [-0.4, -0.2) is 41.2 Å². The van der Waals surface area contributed by atoms with E-state index in [2.05, 4.69) is 12.2 Å². The van der Waals surface area contributed by atoms with E-state index in [1.807, 2.05) is 55.5 Å². The molecule has 0 aliphatic heterocycles. The molecule has 2 aromatic carbocycles. The summed E-state index contributed by atoms with van der Waals surface area (Å²) >= 11 is 0. The van der Waals surface area contributed by atoms with Crippen molar-refractivity contribution in [3.8, 4) is 23.0 Å². The molecule has 0 aliphatic carbocycles. The van der Waals surface area contributed by atoms with E-state index in [-0.39, 0.29) is 6.10 Å². The summed E-state index contributed by atoms with van der Waals surface area (Å²) in [5, 5.41) is 0. The molecule has 5 heteroatoms. The first kappa shape index (κ1) is 22.4. The number of benzene rings is 2. The molecule has 29 heavy (non-hydrogen) atoms. The van der Waals surface area contributed by atoms with Crippen LogP contribution in [0.15, 0.2) is 48.6 Å². The number of hydrogen-bond acceptors (Lipinski definition) is 5. The molecule has 0 fully saturated rings. The molecule has 0 aromatic heterocycles. The zero-order valence-electron chi connectivity index (χ0n) is 17.8. The minimum atomic E-state index is 0.0116. The van der Waals surface area contributed by atoms with Gasteiger partial charge in [0, 0.05) is 0 Å². The Morgan fingerprint density at radius 3 is 1.76 bits per heavy atom. The van der Waals surface area contributed by atoms with Crippen LogP contribution in [0.2, 0.25) is 0 Å². The summed E-state index contributed by atoms with van der Waals surface area (Å²) in [6, 6.07) is 11.7. The zero-order chi connectivity index (χ0) is 21.1. The Kier molecular flexibility index (Phi) is 9.12. The van der Waals surface area contributed by atoms with Gasteiger partial charge in [0.25, 0.3) is 0 Å². The van der Waals surface area contributed by atoms with E-state index in [1.54, 1.807) is 28.4 Å². The molecule has 0 radical (unpaired) electrons. The van der Waals surface area contributed by atoms with E-state index in [0.717, 1.165) is 34.8 Å². The Morgan fingerprint density at radius 1 is 0.724 bits per heavy atom. The van der Waals surface area contributed by atoms with Crippen LogP contribution < -0.4 is 18.9 Å². The number of rotatable bonds is 11. The van der Waals surface area contributed by atoms with Gasteiger partial charge in [0.15, 0.2) is 23.0 Å². The minimum Gasteiger partial charge on any atom is -0.493 e. The zero-order valence-corrected chi connectivity index (χ0v) is 17.8. The quantitative estimate of drug-likeness (QED) is 0.484. The van der Waals surface area contributed by atoms with Crippen molar-refractivity contribution in [2.75, 3.05) is 35.0 Å². The molecule has 0 saturated carbocycles. The molecular weight excluding hydrogens is 368 g/mol. The van der Waals surface area contributed by atoms with Gasteiger partial charge in [-0.3, -0.25) is 0 Å². The second kappa shape index (κ2) is 11.8. The van der Waals surface area contributed by atoms with Crippen LogP contribution in [0, 0.1) is 0 Å². The Bertz CT molecular complexity index is 826. The molecule has 0 N–H and O–H groups in total. The summed E-state index contributed by atoms with van der Waals surface area (Å²) in [5.41, 5.74) is 2.09. The van der Waals surface area contributed by atoms with Gasteiger partial charge in [0.2, 0.25) is 0 Å². The minimum absolute atomic E-state index is 0.0116. The maximum atomic E-state index is 5.85. The van der Waals surface area contributed by atoms with E-state index in [4.69, 9.17) is 23.7 Å². The van der Waals surface area contributed by atoms with Gasteiger partial charge < -0.3 is 23.7 Å². The Morgan fingerprint density at radius 2 is 1.24 bits per heavy atom. The average Bonchev–Trinajstić information content (AvgIpc) is 2.76. The molecular formula is C24H30O5. The second-order valence-electron chi connectivity index (χ2n) is 6.35. The highest BCUT2D eigenvalue weighted by Gasteiger charge is 2.04. The molecule has 0 heterocycles. The smallest absolute Gasteiger partial charge is 0.161 e. The Hall–Kier alpha value is -2.92. The van der Waals surface area contributed by atoms with E-state index in [1.165, 1.54) is 0 Å². The number of ether oxygens (including phenoxy) is 5. The molecule has 2 aromatic rings. The van der Waals surface area contributed by atoms with E-state index >= 15 is 0 Å². The SMILES string of the molecule is COc1ccc(/C=C/CCO[C@@H](C)/C=C/c2ccc(OC)c(OC)c2)cc1OC. The van der Waals surface area contributed by atoms with E-state index in [0.29, 0.717) is 12.4 Å². The van der Waals surface area contributed by atoms with Crippen molar-refractivity contribution >= 4 is 12.2 Å². The fourth-order valence-electron chi connectivity index (χ4n) is 2.76. The third-order valence-electron chi connectivity index (χ3n) is 4.35. The number of methoxy groups -OCH3 is 4. The molecule has 5 nitrogen and oxygen atoms in total. The van der Waals surface area contributed by atoms with Gasteiger partial charge in [0.05, 0.1) is 41.2 Å². The van der Waals surface area contributed by atoms with Crippen LogP contribution in [0.1, 0.15) is 24.5 Å². The van der Waals surface area contributed by atoms with Crippen molar-refractivity contribution in [3.63, 3.8) is 0 Å². The number of hydrogen-bond donors (Lipinski definition) is 0. The topological polar surface area (TPSA) is 46.2 Å². The van der Waals surface area contributed by atoms with Crippen LogP contribution in [0.5, 0.6) is 23.0 Å². The standard InChI is InChI=1S/C24H30O5/c1-18(9-10-20-12-14-22(26-3)24(17-20)28-5)29-15-7-6-8-19-11-13-21(25-2)23(16-19)27-4/h6,8-14,16-18H,7,15H2,1-5H3/b8-6+,10-9+/t18-/m0/s1. The third-order valence-corrected chi connectivity index (χ3v) is 4.35. The molecule has 156 valence electrons. The molecule has 2 rings (SSSR count). The summed E-state index contributed by atoms with van der Waals surface area (Å²) in [6.07, 6.45) is 9.02. The van der Waals surface area contributed by atoms with E-state index in [9.17, 15) is 0 Å². The third kappa shape index (κ3) is 6.88. The van der Waals surface area contributed by atoms with Gasteiger partial charge in [0.1, 0.15) is 0 Å². The Labute approximate surface area is 173 Å². The van der Waals surface area contributed by atoms with Gasteiger partial charge in [-0.05, 0) is 48.7 Å². The van der Waals surface area contributed by atoms with Crippen molar-refractivity contribution in [2.24, 2.45) is 0 Å². The highest BCUT2D eigenvalue weighted by molar-refractivity contribution is 5.57. The molecule has 0 bridgehead atoms. The van der Waals surface area contributed by atoms with Crippen LogP contribution in [0.4, 0.5) is 0 Å². The molecule has 1 atom stereocenters. The second-order valence-corrected chi connectivity index (χ2v) is 6.35. The monoisotopic (exact) mass is 398 g/mol. The summed E-state index contributed by atoms with van der Waals surface area (Å²) < 4.78 is 27.0. The normalized spacial score (nSPS) is 12.3. The molecule has 0 unspecified atom stereocenters. The van der Waals surface area contributed by atoms with Crippen LogP contribution in [0.3, 0.4) is 0 Å². The average molecular weight is 398 g/mol. The fourth-order valence-corrected chi connectivity index (χ4v) is 2.76. The predicted octanol–water partition coefficient (Wildman–Crippen LogP) is 5.24. The first-order chi connectivity index (χ1) is 14.1. The highest BCUT2D eigenvalue weighted by Crippen LogP contribution is 2.29. The van der Waals surface area contributed by atoms with Gasteiger partial charge in [-0.2, -0.15) is 0 Å². The maximum absolute atomic E-state index is 5.85. The van der Waals surface area contributed by atoms with Crippen molar-refractivity contribution in [1.29, 1.82) is 0 Å². The van der Waals surface area contributed by atoms with Crippen molar-refractivity contribution in [1.82, 2.24) is 0 Å². The summed E-state index contributed by atoms with van der Waals surface area (Å²) in [6.45, 7) is 2.66. The van der Waals surface area contributed by atoms with Gasteiger partial charge >= 0.3 is 0 Å². The summed E-state index contributed by atoms with van der Waals surface area (Å²) in [4.78, 5) is 0. The molecule has 0 aliphatic rings. The lowest BCUT2D eigenvalue weighted by Crippen LogP contribution is -2.05. The lowest BCUT2D eigenvalue weighted by atomic mass is 10.1. The first-order valence-corrected chi connectivity index (χ1v) is 9.51. The molecule has 0 amide bonds. The Balaban J connectivity index is 1.80. The van der Waals surface area contributed by atoms with E-state index < -0.39 is 0 Å². The largest absolute Gasteiger partial charge is 0.493 e. The van der Waals surface area contributed by atoms with Gasteiger partial charge in [-0.1, -0.05) is 36.4 Å². The lowest BCUT2D eigenvalue weighted by molar-refractivity contribution is 0.102. The van der Waals surface area contributed by atoms with Crippen molar-refractivity contribution < 1.29 is 23.7 Å². The van der Waals surface area contributed by atoms with Crippen LogP contribution >= 0.6 is 0 Å². The first-order valence-electron chi connectivity index (χ1n) is 9.51. The van der Waals surface area contributed by atoms with Crippen molar-refractivity contribution in [3.05, 3.63) is 59.7 Å². The highest BCUT2D eigenvalue weighted by atomic mass is 16.5. The van der Waals surface area contributed by atoms with Gasteiger partial charge in [-0.25, -0.2) is 0 Å². The van der Waals surface area contributed by atoms with Gasteiger partial charge in [-0.15, -0.1) is 0 Å². The van der Waals surface area contributed by atoms with Crippen LogP contribution in [-0.2, 0) is 4.74 Å². The predicted molar refractivity (Wildman–Crippen MR) is 117 cm³/mol. The summed E-state index contributed by atoms with van der Waals surface area (Å²) in [7, 11) is 6.52. The molecule has 0 spiro atoms. The molecule has 0 saturated heterocycles. The fraction of sp³-hybridized carbons (Fsp3) is 0.333. The lowest BCUT2D eigenvalue weighted by Gasteiger charge is -2.09. The maximum Gasteiger partial charge on any atom is 0.161 e. The summed E-state index contributed by atoms with van der Waals surface area (Å²) in [5.74, 6) is 2.88. The van der Waals surface area contributed by atoms with Crippen molar-refractivity contribution in [2.45, 2.75) is 19.4 Å². The van der Waals surface area contributed by atoms with Crippen LogP contribution in [0.25, 0.3) is 12.2 Å².